The lowest BCUT2D eigenvalue weighted by Gasteiger charge is -2.22. The lowest BCUT2D eigenvalue weighted by molar-refractivity contribution is -0.133. The molecule has 8 heteroatoms. The van der Waals surface area contributed by atoms with Crippen molar-refractivity contribution < 1.29 is 18.8 Å². The fourth-order valence-electron chi connectivity index (χ4n) is 2.88. The van der Waals surface area contributed by atoms with E-state index in [0.717, 1.165) is 4.90 Å². The minimum Gasteiger partial charge on any atom is -0.324 e. The van der Waals surface area contributed by atoms with Gasteiger partial charge in [0.1, 0.15) is 17.9 Å². The molecule has 1 fully saturated rings. The molecule has 1 aliphatic rings. The van der Waals surface area contributed by atoms with Crippen molar-refractivity contribution in [3.05, 3.63) is 64.4 Å². The first-order chi connectivity index (χ1) is 12.7. The van der Waals surface area contributed by atoms with Crippen LogP contribution >= 0.6 is 11.6 Å². The fourth-order valence-corrected chi connectivity index (χ4v) is 3.01. The van der Waals surface area contributed by atoms with Gasteiger partial charge in [-0.1, -0.05) is 29.8 Å². The van der Waals surface area contributed by atoms with Crippen LogP contribution in [0.2, 0.25) is 5.02 Å². The van der Waals surface area contributed by atoms with E-state index in [1.807, 2.05) is 0 Å². The fraction of sp³-hybridized carbons (Fsp3) is 0.211. The van der Waals surface area contributed by atoms with E-state index in [1.54, 1.807) is 38.1 Å². The molecule has 0 unspecified atom stereocenters. The Morgan fingerprint density at radius 3 is 2.56 bits per heavy atom. The maximum Gasteiger partial charge on any atom is 0.325 e. The van der Waals surface area contributed by atoms with Crippen LogP contribution in [0, 0.1) is 12.7 Å². The van der Waals surface area contributed by atoms with Crippen molar-refractivity contribution in [2.75, 3.05) is 11.9 Å². The summed E-state index contributed by atoms with van der Waals surface area (Å²) in [4.78, 5) is 38.2. The summed E-state index contributed by atoms with van der Waals surface area (Å²) in [7, 11) is 0. The molecule has 1 atom stereocenters. The van der Waals surface area contributed by atoms with Crippen LogP contribution in [0.5, 0.6) is 0 Å². The summed E-state index contributed by atoms with van der Waals surface area (Å²) >= 11 is 5.86. The zero-order chi connectivity index (χ0) is 19.8. The Morgan fingerprint density at radius 1 is 1.22 bits per heavy atom. The predicted octanol–water partition coefficient (Wildman–Crippen LogP) is 3.19. The third-order valence-corrected chi connectivity index (χ3v) is 4.72. The first-order valence-electron chi connectivity index (χ1n) is 8.17. The van der Waals surface area contributed by atoms with Crippen LogP contribution in [0.15, 0.2) is 42.5 Å². The molecule has 2 aromatic carbocycles. The van der Waals surface area contributed by atoms with Gasteiger partial charge in [0, 0.05) is 10.7 Å². The summed E-state index contributed by atoms with van der Waals surface area (Å²) in [5, 5.41) is 5.63. The van der Waals surface area contributed by atoms with Crippen LogP contribution in [0.3, 0.4) is 0 Å². The molecule has 0 aliphatic carbocycles. The molecular weight excluding hydrogens is 373 g/mol. The van der Waals surface area contributed by atoms with Gasteiger partial charge in [-0.3, -0.25) is 14.5 Å². The third kappa shape index (κ3) is 3.64. The van der Waals surface area contributed by atoms with Crippen LogP contribution in [0.1, 0.15) is 18.1 Å². The van der Waals surface area contributed by atoms with Gasteiger partial charge in [0.05, 0.1) is 0 Å². The Labute approximate surface area is 160 Å². The second-order valence-electron chi connectivity index (χ2n) is 6.46. The largest absolute Gasteiger partial charge is 0.325 e. The second kappa shape index (κ2) is 7.00. The topological polar surface area (TPSA) is 78.5 Å². The number of nitrogens with zero attached hydrogens (tertiary/aromatic N) is 1. The van der Waals surface area contributed by atoms with E-state index in [0.29, 0.717) is 16.1 Å². The van der Waals surface area contributed by atoms with Crippen LogP contribution in [0.25, 0.3) is 0 Å². The average Bonchev–Trinajstić information content (AvgIpc) is 2.83. The molecular formula is C19H17ClFN3O3. The highest BCUT2D eigenvalue weighted by Crippen LogP contribution is 2.29. The van der Waals surface area contributed by atoms with Gasteiger partial charge in [-0.05, 0) is 49.2 Å². The number of rotatable bonds is 4. The number of amides is 4. The molecule has 4 amide bonds. The van der Waals surface area contributed by atoms with Crippen molar-refractivity contribution in [3.63, 3.8) is 0 Å². The smallest absolute Gasteiger partial charge is 0.324 e. The SMILES string of the molecule is Cc1ccc(F)cc1NC(=O)CN1C(=O)N[C@@](C)(c2ccc(Cl)cc2)C1=O. The Kier molecular flexibility index (Phi) is 4.89. The number of halogens is 2. The Hall–Kier alpha value is -2.93. The van der Waals surface area contributed by atoms with Gasteiger partial charge in [0.2, 0.25) is 5.91 Å². The molecule has 27 heavy (non-hydrogen) atoms. The van der Waals surface area contributed by atoms with Crippen LogP contribution < -0.4 is 10.6 Å². The van der Waals surface area contributed by atoms with Crippen LogP contribution in [0.4, 0.5) is 14.9 Å². The van der Waals surface area contributed by atoms with E-state index >= 15 is 0 Å². The number of hydrogen-bond donors (Lipinski definition) is 2. The van der Waals surface area contributed by atoms with E-state index in [9.17, 15) is 18.8 Å². The number of hydrogen-bond acceptors (Lipinski definition) is 3. The molecule has 6 nitrogen and oxygen atoms in total. The molecule has 0 bridgehead atoms. The van der Waals surface area contributed by atoms with Crippen molar-refractivity contribution >= 4 is 35.1 Å². The number of carbonyl (C=O) groups excluding carboxylic acids is 3. The molecule has 2 aromatic rings. The van der Waals surface area contributed by atoms with Crippen LogP contribution in [-0.2, 0) is 15.1 Å². The molecule has 1 aliphatic heterocycles. The summed E-state index contributed by atoms with van der Waals surface area (Å²) in [5.74, 6) is -1.66. The van der Waals surface area contributed by atoms with E-state index in [4.69, 9.17) is 11.6 Å². The molecule has 3 rings (SSSR count). The molecule has 0 aromatic heterocycles. The number of urea groups is 1. The van der Waals surface area contributed by atoms with E-state index in [2.05, 4.69) is 10.6 Å². The standard InChI is InChI=1S/C19H17ClFN3O3/c1-11-3-8-14(21)9-15(11)22-16(25)10-24-17(26)19(2,23-18(24)27)12-4-6-13(20)7-5-12/h3-9H,10H2,1-2H3,(H,22,25)(H,23,27)/t19-/m0/s1. The minimum atomic E-state index is -1.29. The van der Waals surface area contributed by atoms with E-state index < -0.39 is 35.7 Å². The molecule has 0 saturated carbocycles. The molecule has 1 heterocycles. The molecule has 1 saturated heterocycles. The summed E-state index contributed by atoms with van der Waals surface area (Å²) in [6.07, 6.45) is 0. The Balaban J connectivity index is 1.76. The number of benzene rings is 2. The lowest BCUT2D eigenvalue weighted by atomic mass is 9.92. The summed E-state index contributed by atoms with van der Waals surface area (Å²) < 4.78 is 13.4. The summed E-state index contributed by atoms with van der Waals surface area (Å²) in [6.45, 7) is 2.79. The number of anilines is 1. The Bertz CT molecular complexity index is 932. The maximum absolute atomic E-state index is 13.4. The maximum atomic E-state index is 13.4. The molecule has 140 valence electrons. The van der Waals surface area contributed by atoms with Gasteiger partial charge in [-0.15, -0.1) is 0 Å². The number of aryl methyl sites for hydroxylation is 1. The van der Waals surface area contributed by atoms with Crippen molar-refractivity contribution in [3.8, 4) is 0 Å². The molecule has 2 N–H and O–H groups in total. The number of imide groups is 1. The van der Waals surface area contributed by atoms with Gasteiger partial charge < -0.3 is 10.6 Å². The average molecular weight is 390 g/mol. The quantitative estimate of drug-likeness (QED) is 0.788. The first-order valence-corrected chi connectivity index (χ1v) is 8.54. The van der Waals surface area contributed by atoms with Gasteiger partial charge in [0.15, 0.2) is 0 Å². The van der Waals surface area contributed by atoms with Crippen molar-refractivity contribution in [1.29, 1.82) is 0 Å². The first kappa shape index (κ1) is 18.8. The van der Waals surface area contributed by atoms with Gasteiger partial charge >= 0.3 is 6.03 Å². The van der Waals surface area contributed by atoms with E-state index in [-0.39, 0.29) is 5.69 Å². The third-order valence-electron chi connectivity index (χ3n) is 4.47. The summed E-state index contributed by atoms with van der Waals surface area (Å²) in [5.41, 5.74) is 0.200. The van der Waals surface area contributed by atoms with Gasteiger partial charge in [-0.25, -0.2) is 9.18 Å². The lowest BCUT2D eigenvalue weighted by Crippen LogP contribution is -2.42. The predicted molar refractivity (Wildman–Crippen MR) is 98.8 cm³/mol. The highest BCUT2D eigenvalue weighted by atomic mass is 35.5. The zero-order valence-corrected chi connectivity index (χ0v) is 15.4. The monoisotopic (exact) mass is 389 g/mol. The highest BCUT2D eigenvalue weighted by molar-refractivity contribution is 6.30. The van der Waals surface area contributed by atoms with E-state index in [1.165, 1.54) is 18.2 Å². The highest BCUT2D eigenvalue weighted by Gasteiger charge is 2.49. The Morgan fingerprint density at radius 2 is 1.89 bits per heavy atom. The minimum absolute atomic E-state index is 0.285. The van der Waals surface area contributed by atoms with Crippen LogP contribution in [-0.4, -0.2) is 29.3 Å². The molecule has 0 radical (unpaired) electrons. The normalized spacial score (nSPS) is 19.2. The van der Waals surface area contributed by atoms with Gasteiger partial charge in [-0.2, -0.15) is 0 Å². The number of nitrogens with one attached hydrogen (secondary N) is 2. The van der Waals surface area contributed by atoms with Crippen molar-refractivity contribution in [2.45, 2.75) is 19.4 Å². The van der Waals surface area contributed by atoms with Gasteiger partial charge in [0.25, 0.3) is 5.91 Å². The van der Waals surface area contributed by atoms with Crippen molar-refractivity contribution in [1.82, 2.24) is 10.2 Å². The molecule has 0 spiro atoms. The zero-order valence-electron chi connectivity index (χ0n) is 14.7. The van der Waals surface area contributed by atoms with Crippen molar-refractivity contribution in [2.24, 2.45) is 0 Å². The second-order valence-corrected chi connectivity index (χ2v) is 6.90. The summed E-state index contributed by atoms with van der Waals surface area (Å²) in [6, 6.07) is 9.81. The number of carbonyl (C=O) groups is 3.